The highest BCUT2D eigenvalue weighted by Gasteiger charge is 2.37. The normalized spacial score (nSPS) is 19.4. The highest BCUT2D eigenvalue weighted by Crippen LogP contribution is 2.29. The maximum Gasteiger partial charge on any atom is 0.234 e. The van der Waals surface area contributed by atoms with E-state index in [1.165, 1.54) is 17.3 Å². The summed E-state index contributed by atoms with van der Waals surface area (Å²) in [5.74, 6) is 0.123. The van der Waals surface area contributed by atoms with Crippen LogP contribution in [0.15, 0.2) is 66.7 Å². The molecule has 1 fully saturated rings. The molecule has 3 atom stereocenters. The third kappa shape index (κ3) is 5.06. The Morgan fingerprint density at radius 2 is 1.85 bits per heavy atom. The van der Waals surface area contributed by atoms with Gasteiger partial charge in [-0.3, -0.25) is 9.69 Å². The number of hydrogen-bond donors (Lipinski definition) is 1. The zero-order chi connectivity index (χ0) is 19.2. The Balaban J connectivity index is 1.68. The van der Waals surface area contributed by atoms with Gasteiger partial charge in [0, 0.05) is 5.75 Å². The van der Waals surface area contributed by atoms with Crippen LogP contribution < -0.4 is 0 Å². The molecule has 1 saturated heterocycles. The number of nitrogens with zero attached hydrogens (tertiary/aromatic N) is 1. The summed E-state index contributed by atoms with van der Waals surface area (Å²) in [7, 11) is 0. The van der Waals surface area contributed by atoms with Crippen LogP contribution in [0.2, 0.25) is 0 Å². The van der Waals surface area contributed by atoms with E-state index in [4.69, 9.17) is 12.2 Å². The van der Waals surface area contributed by atoms with Gasteiger partial charge in [0.15, 0.2) is 0 Å². The number of thiocarbonyl (C=S) groups is 1. The smallest absolute Gasteiger partial charge is 0.234 e. The van der Waals surface area contributed by atoms with Crippen molar-refractivity contribution in [2.45, 2.75) is 25.5 Å². The molecule has 1 amide bonds. The van der Waals surface area contributed by atoms with Gasteiger partial charge in [-0.15, -0.1) is 0 Å². The van der Waals surface area contributed by atoms with E-state index in [2.05, 4.69) is 12.1 Å². The molecule has 0 spiro atoms. The SMILES string of the molecule is C[C@@H](C(=O)N1C(=S)SC[C@@H]1Cc1ccccc1)[C@@H](O)/C=C/c1ccccc1. The zero-order valence-electron chi connectivity index (χ0n) is 15.2. The number of amides is 1. The molecule has 0 aromatic heterocycles. The van der Waals surface area contributed by atoms with Crippen LogP contribution in [0.5, 0.6) is 0 Å². The minimum atomic E-state index is -0.858. The molecule has 0 radical (unpaired) electrons. The fourth-order valence-electron chi connectivity index (χ4n) is 3.07. The van der Waals surface area contributed by atoms with Crippen molar-refractivity contribution in [3.63, 3.8) is 0 Å². The fourth-order valence-corrected chi connectivity index (χ4v) is 4.50. The van der Waals surface area contributed by atoms with Gasteiger partial charge in [0.1, 0.15) is 4.32 Å². The van der Waals surface area contributed by atoms with Gasteiger partial charge < -0.3 is 5.11 Å². The lowest BCUT2D eigenvalue weighted by Gasteiger charge is -2.28. The second kappa shape index (κ2) is 9.31. The number of thioether (sulfide) groups is 1. The molecule has 1 aliphatic rings. The number of carbonyl (C=O) groups excluding carboxylic acids is 1. The monoisotopic (exact) mass is 397 g/mol. The van der Waals surface area contributed by atoms with Gasteiger partial charge in [0.2, 0.25) is 5.91 Å². The molecule has 27 heavy (non-hydrogen) atoms. The number of carbonyl (C=O) groups is 1. The Morgan fingerprint density at radius 3 is 2.52 bits per heavy atom. The second-order valence-electron chi connectivity index (χ2n) is 6.68. The van der Waals surface area contributed by atoms with Gasteiger partial charge in [0.25, 0.3) is 0 Å². The molecular formula is C22H23NO2S2. The summed E-state index contributed by atoms with van der Waals surface area (Å²) in [5, 5.41) is 10.5. The van der Waals surface area contributed by atoms with E-state index >= 15 is 0 Å². The number of benzene rings is 2. The van der Waals surface area contributed by atoms with E-state index in [1.54, 1.807) is 17.9 Å². The third-order valence-corrected chi connectivity index (χ3v) is 6.25. The topological polar surface area (TPSA) is 40.5 Å². The maximum absolute atomic E-state index is 13.0. The lowest BCUT2D eigenvalue weighted by Crippen LogP contribution is -2.45. The van der Waals surface area contributed by atoms with E-state index < -0.39 is 12.0 Å². The van der Waals surface area contributed by atoms with Crippen LogP contribution in [0.25, 0.3) is 6.08 Å². The van der Waals surface area contributed by atoms with E-state index in [9.17, 15) is 9.90 Å². The Kier molecular flexibility index (Phi) is 6.83. The van der Waals surface area contributed by atoms with Crippen LogP contribution in [0.3, 0.4) is 0 Å². The predicted molar refractivity (Wildman–Crippen MR) is 116 cm³/mol. The molecule has 2 aromatic rings. The van der Waals surface area contributed by atoms with Gasteiger partial charge >= 0.3 is 0 Å². The molecule has 0 unspecified atom stereocenters. The molecule has 3 nitrogen and oxygen atoms in total. The van der Waals surface area contributed by atoms with Crippen LogP contribution in [-0.4, -0.2) is 38.1 Å². The van der Waals surface area contributed by atoms with E-state index in [1.807, 2.05) is 54.6 Å². The fraction of sp³-hybridized carbons (Fsp3) is 0.273. The first-order valence-electron chi connectivity index (χ1n) is 9.01. The first-order chi connectivity index (χ1) is 13.1. The summed E-state index contributed by atoms with van der Waals surface area (Å²) >= 11 is 6.96. The zero-order valence-corrected chi connectivity index (χ0v) is 16.8. The average Bonchev–Trinajstić information content (AvgIpc) is 3.06. The van der Waals surface area contributed by atoms with E-state index in [0.717, 1.165) is 17.7 Å². The number of rotatable bonds is 6. The van der Waals surface area contributed by atoms with Crippen molar-refractivity contribution >= 4 is 40.3 Å². The van der Waals surface area contributed by atoms with Crippen LogP contribution in [0, 0.1) is 5.92 Å². The van der Waals surface area contributed by atoms with Crippen LogP contribution >= 0.6 is 24.0 Å². The second-order valence-corrected chi connectivity index (χ2v) is 8.33. The van der Waals surface area contributed by atoms with Crippen molar-refractivity contribution in [3.8, 4) is 0 Å². The minimum Gasteiger partial charge on any atom is -0.388 e. The molecule has 3 rings (SSSR count). The molecule has 140 valence electrons. The molecule has 1 heterocycles. The number of hydrogen-bond acceptors (Lipinski definition) is 4. The average molecular weight is 398 g/mol. The van der Waals surface area contributed by atoms with Crippen molar-refractivity contribution in [3.05, 3.63) is 77.9 Å². The lowest BCUT2D eigenvalue weighted by molar-refractivity contribution is -0.134. The number of aliphatic hydroxyl groups excluding tert-OH is 1. The molecule has 5 heteroatoms. The summed E-state index contributed by atoms with van der Waals surface area (Å²) in [4.78, 5) is 14.7. The minimum absolute atomic E-state index is 0.0325. The van der Waals surface area contributed by atoms with Crippen molar-refractivity contribution in [1.82, 2.24) is 4.90 Å². The summed E-state index contributed by atoms with van der Waals surface area (Å²) < 4.78 is 0.604. The summed E-state index contributed by atoms with van der Waals surface area (Å²) in [6.07, 6.45) is 3.43. The molecule has 0 saturated carbocycles. The summed E-state index contributed by atoms with van der Waals surface area (Å²) in [5.41, 5.74) is 2.17. The maximum atomic E-state index is 13.0. The van der Waals surface area contributed by atoms with Gasteiger partial charge in [-0.1, -0.05) is 104 Å². The molecule has 1 N–H and O–H groups in total. The van der Waals surface area contributed by atoms with Crippen molar-refractivity contribution in [2.24, 2.45) is 5.92 Å². The molecule has 0 aliphatic carbocycles. The van der Waals surface area contributed by atoms with Crippen molar-refractivity contribution in [2.75, 3.05) is 5.75 Å². The first-order valence-corrected chi connectivity index (χ1v) is 10.4. The molecule has 0 bridgehead atoms. The largest absolute Gasteiger partial charge is 0.388 e. The first kappa shape index (κ1) is 19.8. The molecular weight excluding hydrogens is 374 g/mol. The Bertz CT molecular complexity index is 808. The van der Waals surface area contributed by atoms with E-state index in [-0.39, 0.29) is 11.9 Å². The van der Waals surface area contributed by atoms with Gasteiger partial charge in [-0.2, -0.15) is 0 Å². The van der Waals surface area contributed by atoms with Crippen LogP contribution in [0.4, 0.5) is 0 Å². The summed E-state index contributed by atoms with van der Waals surface area (Å²) in [6.45, 7) is 1.76. The van der Waals surface area contributed by atoms with Crippen molar-refractivity contribution in [1.29, 1.82) is 0 Å². The highest BCUT2D eigenvalue weighted by atomic mass is 32.2. The predicted octanol–water partition coefficient (Wildman–Crippen LogP) is 4.17. The van der Waals surface area contributed by atoms with Gasteiger partial charge in [0.05, 0.1) is 18.1 Å². The quantitative estimate of drug-likeness (QED) is 0.743. The Morgan fingerprint density at radius 1 is 1.22 bits per heavy atom. The van der Waals surface area contributed by atoms with Crippen LogP contribution in [0.1, 0.15) is 18.1 Å². The Hall–Kier alpha value is -1.95. The summed E-state index contributed by atoms with van der Waals surface area (Å²) in [6, 6.07) is 19.9. The van der Waals surface area contributed by atoms with Crippen LogP contribution in [-0.2, 0) is 11.2 Å². The Labute approximate surface area is 170 Å². The molecule has 2 aromatic carbocycles. The molecule has 1 aliphatic heterocycles. The van der Waals surface area contributed by atoms with Gasteiger partial charge in [-0.25, -0.2) is 0 Å². The van der Waals surface area contributed by atoms with Crippen molar-refractivity contribution < 1.29 is 9.90 Å². The van der Waals surface area contributed by atoms with E-state index in [0.29, 0.717) is 4.32 Å². The lowest BCUT2D eigenvalue weighted by atomic mass is 9.99. The highest BCUT2D eigenvalue weighted by molar-refractivity contribution is 8.23. The number of aliphatic hydroxyl groups is 1. The third-order valence-electron chi connectivity index (χ3n) is 4.70. The standard InChI is InChI=1S/C22H23NO2S2/c1-16(20(24)13-12-17-8-4-2-5-9-17)21(25)23-19(15-27-22(23)26)14-18-10-6-3-7-11-18/h2-13,16,19-20,24H,14-15H2,1H3/b13-12+/t16-,19+,20+/m1/s1. The van der Waals surface area contributed by atoms with Gasteiger partial charge in [-0.05, 0) is 17.5 Å².